The predicted octanol–water partition coefficient (Wildman–Crippen LogP) is 6.67. The van der Waals surface area contributed by atoms with Crippen LogP contribution in [-0.2, 0) is 22.8 Å². The van der Waals surface area contributed by atoms with Crippen LogP contribution in [0, 0.1) is 0 Å². The largest absolute Gasteiger partial charge is 0.500 e. The molecule has 0 bridgehead atoms. The molecule has 0 saturated heterocycles. The minimum atomic E-state index is -2.35. The molecule has 0 amide bonds. The molecule has 29 heavy (non-hydrogen) atoms. The Bertz CT molecular complexity index is 353. The fourth-order valence-corrected chi connectivity index (χ4v) is 5.38. The van der Waals surface area contributed by atoms with E-state index in [1.54, 1.807) is 21.3 Å². The molecule has 0 N–H and O–H groups in total. The fourth-order valence-electron chi connectivity index (χ4n) is 3.59. The lowest BCUT2D eigenvalue weighted by molar-refractivity contribution is -0.143. The van der Waals surface area contributed by atoms with Crippen molar-refractivity contribution in [3.63, 3.8) is 0 Å². The molecule has 0 heterocycles. The lowest BCUT2D eigenvalue weighted by Crippen LogP contribution is -2.42. The number of esters is 1. The first-order valence-corrected chi connectivity index (χ1v) is 13.9. The molecule has 0 unspecified atom stereocenters. The van der Waals surface area contributed by atoms with Gasteiger partial charge in [0.25, 0.3) is 0 Å². The third kappa shape index (κ3) is 17.0. The maximum atomic E-state index is 11.0. The molecule has 0 aliphatic heterocycles. The van der Waals surface area contributed by atoms with Crippen molar-refractivity contribution < 1.29 is 22.8 Å². The van der Waals surface area contributed by atoms with Crippen molar-refractivity contribution in [1.82, 2.24) is 0 Å². The number of hydrogen-bond acceptors (Lipinski definition) is 5. The zero-order chi connectivity index (χ0) is 21.6. The van der Waals surface area contributed by atoms with Crippen molar-refractivity contribution in [3.8, 4) is 0 Å². The van der Waals surface area contributed by atoms with Gasteiger partial charge >= 0.3 is 14.8 Å². The molecule has 0 fully saturated rings. The minimum absolute atomic E-state index is 0.0752. The van der Waals surface area contributed by atoms with E-state index in [-0.39, 0.29) is 5.97 Å². The van der Waals surface area contributed by atoms with Crippen LogP contribution >= 0.6 is 0 Å². The van der Waals surface area contributed by atoms with Gasteiger partial charge in [-0.15, -0.1) is 0 Å². The second kappa shape index (κ2) is 20.8. The molecule has 0 atom stereocenters. The smallest absolute Gasteiger partial charge is 0.466 e. The molecule has 0 spiro atoms. The van der Waals surface area contributed by atoms with Crippen LogP contribution < -0.4 is 0 Å². The van der Waals surface area contributed by atoms with Crippen LogP contribution in [0.15, 0.2) is 0 Å². The molecule has 0 aromatic rings. The molecule has 6 heteroatoms. The summed E-state index contributed by atoms with van der Waals surface area (Å²) in [6, 6.07) is 0.919. The van der Waals surface area contributed by atoms with E-state index < -0.39 is 8.80 Å². The van der Waals surface area contributed by atoms with E-state index in [1.165, 1.54) is 83.5 Å². The van der Waals surface area contributed by atoms with Gasteiger partial charge in [-0.3, -0.25) is 4.79 Å². The Labute approximate surface area is 181 Å². The Morgan fingerprint density at radius 1 is 0.586 bits per heavy atom. The Balaban J connectivity index is 3.22. The molecule has 0 aromatic heterocycles. The molecular formula is C23H48O5Si. The summed E-state index contributed by atoms with van der Waals surface area (Å²) >= 11 is 0. The first-order chi connectivity index (χ1) is 14.1. The summed E-state index contributed by atoms with van der Waals surface area (Å²) in [7, 11) is 2.72. The van der Waals surface area contributed by atoms with Crippen molar-refractivity contribution in [2.24, 2.45) is 0 Å². The van der Waals surface area contributed by atoms with Crippen molar-refractivity contribution in [2.75, 3.05) is 27.9 Å². The van der Waals surface area contributed by atoms with Crippen LogP contribution in [0.5, 0.6) is 0 Å². The van der Waals surface area contributed by atoms with Crippen molar-refractivity contribution >= 4 is 14.8 Å². The van der Waals surface area contributed by atoms with Crippen LogP contribution in [0.25, 0.3) is 0 Å². The van der Waals surface area contributed by atoms with Crippen molar-refractivity contribution in [3.05, 3.63) is 0 Å². The standard InChI is InChI=1S/C23H48O5Si/c1-5-23(24)28-21-19-17-15-13-11-9-7-6-8-10-12-14-16-18-20-22-29(25-2,26-3)27-4/h5-22H2,1-4H3. The SMILES string of the molecule is CCC(=O)OCCCCCCCCCCCCCCCCC[Si](OC)(OC)OC. The number of unbranched alkanes of at least 4 members (excludes halogenated alkanes) is 14. The zero-order valence-electron chi connectivity index (χ0n) is 19.8. The minimum Gasteiger partial charge on any atom is -0.466 e. The number of ether oxygens (including phenoxy) is 1. The Morgan fingerprint density at radius 3 is 1.28 bits per heavy atom. The predicted molar refractivity (Wildman–Crippen MR) is 122 cm³/mol. The molecule has 0 aromatic carbocycles. The number of carbonyl (C=O) groups is 1. The van der Waals surface area contributed by atoms with E-state index in [0.717, 1.165) is 18.9 Å². The van der Waals surface area contributed by atoms with Crippen LogP contribution in [0.3, 0.4) is 0 Å². The number of rotatable bonds is 22. The lowest BCUT2D eigenvalue weighted by atomic mass is 10.0. The van der Waals surface area contributed by atoms with Crippen LogP contribution in [0.2, 0.25) is 6.04 Å². The van der Waals surface area contributed by atoms with Crippen LogP contribution in [0.4, 0.5) is 0 Å². The summed E-state index contributed by atoms with van der Waals surface area (Å²) in [6.07, 6.45) is 19.9. The Hall–Kier alpha value is -0.433. The lowest BCUT2D eigenvalue weighted by Gasteiger charge is -2.24. The van der Waals surface area contributed by atoms with E-state index in [4.69, 9.17) is 18.0 Å². The maximum Gasteiger partial charge on any atom is 0.500 e. The summed E-state index contributed by atoms with van der Waals surface area (Å²) in [6.45, 7) is 2.44. The topological polar surface area (TPSA) is 54.0 Å². The van der Waals surface area contributed by atoms with Gasteiger partial charge in [0, 0.05) is 33.8 Å². The fraction of sp³-hybridized carbons (Fsp3) is 0.957. The van der Waals surface area contributed by atoms with Crippen LogP contribution in [0.1, 0.15) is 110 Å². The van der Waals surface area contributed by atoms with E-state index in [1.807, 2.05) is 6.92 Å². The van der Waals surface area contributed by atoms with Gasteiger partial charge in [0.15, 0.2) is 0 Å². The summed E-state index contributed by atoms with van der Waals surface area (Å²) < 4.78 is 21.5. The third-order valence-electron chi connectivity index (χ3n) is 5.61. The maximum absolute atomic E-state index is 11.0. The molecule has 5 nitrogen and oxygen atoms in total. The second-order valence-electron chi connectivity index (χ2n) is 7.92. The van der Waals surface area contributed by atoms with Gasteiger partial charge < -0.3 is 18.0 Å². The van der Waals surface area contributed by atoms with Gasteiger partial charge in [-0.1, -0.05) is 90.4 Å². The normalized spacial score (nSPS) is 11.7. The highest BCUT2D eigenvalue weighted by Crippen LogP contribution is 2.19. The van der Waals surface area contributed by atoms with Gasteiger partial charge in [-0.2, -0.15) is 0 Å². The highest BCUT2D eigenvalue weighted by atomic mass is 28.4. The molecule has 174 valence electrons. The van der Waals surface area contributed by atoms with Crippen LogP contribution in [-0.4, -0.2) is 42.7 Å². The summed E-state index contributed by atoms with van der Waals surface area (Å²) in [5, 5.41) is 0. The summed E-state index contributed by atoms with van der Waals surface area (Å²) in [5.74, 6) is -0.0752. The van der Waals surface area contributed by atoms with E-state index in [2.05, 4.69) is 0 Å². The highest BCUT2D eigenvalue weighted by Gasteiger charge is 2.36. The Morgan fingerprint density at radius 2 is 0.931 bits per heavy atom. The van der Waals surface area contributed by atoms with Gasteiger partial charge in [0.05, 0.1) is 6.61 Å². The van der Waals surface area contributed by atoms with E-state index >= 15 is 0 Å². The first kappa shape index (κ1) is 28.6. The molecular weight excluding hydrogens is 384 g/mol. The molecule has 0 aliphatic carbocycles. The summed E-state index contributed by atoms with van der Waals surface area (Å²) in [4.78, 5) is 11.0. The van der Waals surface area contributed by atoms with Crippen molar-refractivity contribution in [2.45, 2.75) is 116 Å². The quantitative estimate of drug-likeness (QED) is 0.109. The summed E-state index contributed by atoms with van der Waals surface area (Å²) in [5.41, 5.74) is 0. The third-order valence-corrected chi connectivity index (χ3v) is 8.44. The van der Waals surface area contributed by atoms with Crippen molar-refractivity contribution in [1.29, 1.82) is 0 Å². The van der Waals surface area contributed by atoms with Gasteiger partial charge in [0.2, 0.25) is 0 Å². The number of carbonyl (C=O) groups excluding carboxylic acids is 1. The Kier molecular flexibility index (Phi) is 20.5. The zero-order valence-corrected chi connectivity index (χ0v) is 20.8. The van der Waals surface area contributed by atoms with E-state index in [0.29, 0.717) is 13.0 Å². The monoisotopic (exact) mass is 432 g/mol. The first-order valence-electron chi connectivity index (χ1n) is 11.9. The molecule has 0 rings (SSSR count). The highest BCUT2D eigenvalue weighted by molar-refractivity contribution is 6.60. The number of hydrogen-bond donors (Lipinski definition) is 0. The average Bonchev–Trinajstić information content (AvgIpc) is 2.75. The molecule has 0 aliphatic rings. The van der Waals surface area contributed by atoms with Gasteiger partial charge in [-0.25, -0.2) is 0 Å². The van der Waals surface area contributed by atoms with Gasteiger partial charge in [-0.05, 0) is 12.8 Å². The van der Waals surface area contributed by atoms with Gasteiger partial charge in [0.1, 0.15) is 0 Å². The van der Waals surface area contributed by atoms with E-state index in [9.17, 15) is 4.79 Å². The molecule has 0 radical (unpaired) electrons. The molecule has 0 saturated carbocycles. The average molecular weight is 433 g/mol. The second-order valence-corrected chi connectivity index (χ2v) is 11.0.